The highest BCUT2D eigenvalue weighted by molar-refractivity contribution is 5.94. The third kappa shape index (κ3) is 5.14. The van der Waals surface area contributed by atoms with Gasteiger partial charge in [0.1, 0.15) is 17.3 Å². The zero-order valence-electron chi connectivity index (χ0n) is 18.5. The summed E-state index contributed by atoms with van der Waals surface area (Å²) in [7, 11) is 3.37. The van der Waals surface area contributed by atoms with Gasteiger partial charge in [-0.2, -0.15) is 5.10 Å². The Bertz CT molecular complexity index is 1140. The van der Waals surface area contributed by atoms with Crippen LogP contribution in [0.2, 0.25) is 0 Å². The van der Waals surface area contributed by atoms with Crippen molar-refractivity contribution in [1.29, 1.82) is 0 Å². The second-order valence-corrected chi connectivity index (χ2v) is 7.74. The van der Waals surface area contributed by atoms with Crippen molar-refractivity contribution < 1.29 is 23.5 Å². The van der Waals surface area contributed by atoms with Gasteiger partial charge in [0.25, 0.3) is 11.8 Å². The standard InChI is InChI=1S/C24H25FN4O4/c1-28-21-11-12-29(22(30)15-33-19-9-7-18(32-2)8-10-19)14-20(21)23(27-28)24(31)26-13-16-3-5-17(25)6-4-16/h3-10H,11-15H2,1-2H3,(H,26,31). The van der Waals surface area contributed by atoms with E-state index >= 15 is 0 Å². The van der Waals surface area contributed by atoms with Gasteiger partial charge in [-0.15, -0.1) is 0 Å². The number of carbonyl (C=O) groups excluding carboxylic acids is 2. The molecule has 8 nitrogen and oxygen atoms in total. The molecule has 2 heterocycles. The predicted octanol–water partition coefficient (Wildman–Crippen LogP) is 2.46. The topological polar surface area (TPSA) is 85.7 Å². The summed E-state index contributed by atoms with van der Waals surface area (Å²) >= 11 is 0. The molecule has 172 valence electrons. The SMILES string of the molecule is COc1ccc(OCC(=O)N2CCc3c(c(C(=O)NCc4ccc(F)cc4)nn3C)C2)cc1. The van der Waals surface area contributed by atoms with Crippen molar-refractivity contribution in [3.63, 3.8) is 0 Å². The Morgan fingerprint density at radius 3 is 2.48 bits per heavy atom. The number of rotatable bonds is 7. The largest absolute Gasteiger partial charge is 0.497 e. The molecule has 0 saturated heterocycles. The molecule has 1 aliphatic heterocycles. The van der Waals surface area contributed by atoms with Gasteiger partial charge >= 0.3 is 0 Å². The number of benzene rings is 2. The van der Waals surface area contributed by atoms with Crippen molar-refractivity contribution in [2.45, 2.75) is 19.5 Å². The molecule has 1 N–H and O–H groups in total. The molecule has 0 aliphatic carbocycles. The fraction of sp³-hybridized carbons (Fsp3) is 0.292. The number of fused-ring (bicyclic) bond motifs is 1. The molecule has 0 saturated carbocycles. The smallest absolute Gasteiger partial charge is 0.272 e. The van der Waals surface area contributed by atoms with Gasteiger partial charge in [0, 0.05) is 44.4 Å². The summed E-state index contributed by atoms with van der Waals surface area (Å²) in [5.74, 6) is 0.450. The van der Waals surface area contributed by atoms with E-state index in [1.165, 1.54) is 12.1 Å². The van der Waals surface area contributed by atoms with E-state index in [9.17, 15) is 14.0 Å². The minimum Gasteiger partial charge on any atom is -0.497 e. The van der Waals surface area contributed by atoms with Crippen molar-refractivity contribution in [1.82, 2.24) is 20.0 Å². The average Bonchev–Trinajstić information content (AvgIpc) is 3.18. The van der Waals surface area contributed by atoms with E-state index in [0.717, 1.165) is 16.8 Å². The Balaban J connectivity index is 1.39. The first kappa shape index (κ1) is 22.3. The molecule has 0 spiro atoms. The lowest BCUT2D eigenvalue weighted by atomic mass is 10.0. The molecule has 4 rings (SSSR count). The van der Waals surface area contributed by atoms with Crippen LogP contribution in [0.1, 0.15) is 27.3 Å². The number of aryl methyl sites for hydroxylation is 1. The summed E-state index contributed by atoms with van der Waals surface area (Å²) in [6.45, 7) is 0.956. The lowest BCUT2D eigenvalue weighted by molar-refractivity contribution is -0.134. The fourth-order valence-electron chi connectivity index (χ4n) is 3.76. The Morgan fingerprint density at radius 1 is 1.09 bits per heavy atom. The zero-order valence-corrected chi connectivity index (χ0v) is 18.5. The molecule has 3 aromatic rings. The van der Waals surface area contributed by atoms with Crippen LogP contribution in [-0.4, -0.2) is 46.8 Å². The van der Waals surface area contributed by atoms with Gasteiger partial charge in [-0.3, -0.25) is 14.3 Å². The Kier molecular flexibility index (Phi) is 6.58. The van der Waals surface area contributed by atoms with Gasteiger partial charge < -0.3 is 19.7 Å². The van der Waals surface area contributed by atoms with Crippen molar-refractivity contribution in [2.75, 3.05) is 20.3 Å². The Hall–Kier alpha value is -3.88. The van der Waals surface area contributed by atoms with Crippen molar-refractivity contribution in [3.8, 4) is 11.5 Å². The van der Waals surface area contributed by atoms with E-state index in [4.69, 9.17) is 9.47 Å². The van der Waals surface area contributed by atoms with E-state index < -0.39 is 0 Å². The summed E-state index contributed by atoms with van der Waals surface area (Å²) in [5, 5.41) is 7.21. The minimum atomic E-state index is -0.333. The van der Waals surface area contributed by atoms with Gasteiger partial charge in [-0.25, -0.2) is 4.39 Å². The normalized spacial score (nSPS) is 12.8. The summed E-state index contributed by atoms with van der Waals surface area (Å²) in [6, 6.07) is 12.9. The molecule has 0 atom stereocenters. The molecule has 9 heteroatoms. The number of nitrogens with zero attached hydrogens (tertiary/aromatic N) is 3. The van der Waals surface area contributed by atoms with Crippen LogP contribution in [-0.2, 0) is 31.4 Å². The maximum Gasteiger partial charge on any atom is 0.272 e. The predicted molar refractivity (Wildman–Crippen MR) is 118 cm³/mol. The lowest BCUT2D eigenvalue weighted by Gasteiger charge is -2.27. The van der Waals surface area contributed by atoms with E-state index in [-0.39, 0.29) is 37.3 Å². The van der Waals surface area contributed by atoms with E-state index in [1.807, 2.05) is 0 Å². The molecular formula is C24H25FN4O4. The number of hydrogen-bond acceptors (Lipinski definition) is 5. The number of hydrogen-bond donors (Lipinski definition) is 1. The number of halogens is 1. The van der Waals surface area contributed by atoms with Crippen LogP contribution in [0.4, 0.5) is 4.39 Å². The third-order valence-electron chi connectivity index (χ3n) is 5.60. The van der Waals surface area contributed by atoms with Gasteiger partial charge in [0.2, 0.25) is 0 Å². The first-order valence-electron chi connectivity index (χ1n) is 10.6. The molecule has 1 aromatic heterocycles. The fourth-order valence-corrected chi connectivity index (χ4v) is 3.76. The lowest BCUT2D eigenvalue weighted by Crippen LogP contribution is -2.39. The quantitative estimate of drug-likeness (QED) is 0.595. The summed E-state index contributed by atoms with van der Waals surface area (Å²) < 4.78 is 25.5. The van der Waals surface area contributed by atoms with Crippen LogP contribution in [0.15, 0.2) is 48.5 Å². The van der Waals surface area contributed by atoms with Gasteiger partial charge in [-0.05, 0) is 42.0 Å². The molecule has 0 radical (unpaired) electrons. The second-order valence-electron chi connectivity index (χ2n) is 7.74. The first-order valence-corrected chi connectivity index (χ1v) is 10.6. The number of carbonyl (C=O) groups is 2. The minimum absolute atomic E-state index is 0.103. The number of amides is 2. The van der Waals surface area contributed by atoms with Crippen LogP contribution in [0.5, 0.6) is 11.5 Å². The Morgan fingerprint density at radius 2 is 1.79 bits per heavy atom. The second kappa shape index (κ2) is 9.72. The number of ether oxygens (including phenoxy) is 2. The van der Waals surface area contributed by atoms with Crippen molar-refractivity contribution in [3.05, 3.63) is 76.9 Å². The summed E-state index contributed by atoms with van der Waals surface area (Å²) in [5.41, 5.74) is 2.74. The zero-order chi connectivity index (χ0) is 23.4. The molecule has 2 aromatic carbocycles. The van der Waals surface area contributed by atoms with E-state index in [2.05, 4.69) is 10.4 Å². The third-order valence-corrected chi connectivity index (χ3v) is 5.60. The van der Waals surface area contributed by atoms with Gasteiger partial charge in [0.15, 0.2) is 12.3 Å². The average molecular weight is 452 g/mol. The first-order chi connectivity index (χ1) is 15.9. The van der Waals surface area contributed by atoms with Crippen molar-refractivity contribution >= 4 is 11.8 Å². The molecular weight excluding hydrogens is 427 g/mol. The molecule has 2 amide bonds. The number of aromatic nitrogens is 2. The van der Waals surface area contributed by atoms with Crippen LogP contribution in [0.25, 0.3) is 0 Å². The molecule has 1 aliphatic rings. The van der Waals surface area contributed by atoms with E-state index in [0.29, 0.717) is 30.2 Å². The summed E-state index contributed by atoms with van der Waals surface area (Å²) in [6.07, 6.45) is 0.596. The number of methoxy groups -OCH3 is 1. The highest BCUT2D eigenvalue weighted by atomic mass is 19.1. The maximum absolute atomic E-state index is 13.1. The van der Waals surface area contributed by atoms with E-state index in [1.54, 1.807) is 60.1 Å². The van der Waals surface area contributed by atoms with Crippen LogP contribution < -0.4 is 14.8 Å². The highest BCUT2D eigenvalue weighted by Gasteiger charge is 2.29. The van der Waals surface area contributed by atoms with Gasteiger partial charge in [-0.1, -0.05) is 12.1 Å². The maximum atomic E-state index is 13.1. The monoisotopic (exact) mass is 452 g/mol. The Labute approximate surface area is 190 Å². The van der Waals surface area contributed by atoms with Gasteiger partial charge in [0.05, 0.1) is 7.11 Å². The van der Waals surface area contributed by atoms with Crippen LogP contribution in [0, 0.1) is 5.82 Å². The van der Waals surface area contributed by atoms with Crippen molar-refractivity contribution in [2.24, 2.45) is 7.05 Å². The summed E-state index contributed by atoms with van der Waals surface area (Å²) in [4.78, 5) is 27.2. The van der Waals surface area contributed by atoms with Crippen LogP contribution in [0.3, 0.4) is 0 Å². The van der Waals surface area contributed by atoms with Crippen LogP contribution >= 0.6 is 0 Å². The highest BCUT2D eigenvalue weighted by Crippen LogP contribution is 2.23. The molecule has 0 fully saturated rings. The molecule has 0 bridgehead atoms. The number of nitrogens with one attached hydrogen (secondary N) is 1. The molecule has 33 heavy (non-hydrogen) atoms. The molecule has 0 unspecified atom stereocenters.